The molecule has 0 aromatic heterocycles. The van der Waals surface area contributed by atoms with Gasteiger partial charge in [0, 0.05) is 19.6 Å². The fraction of sp³-hybridized carbons (Fsp3) is 0.700. The normalized spacial score (nSPS) is 21.6. The van der Waals surface area contributed by atoms with Gasteiger partial charge in [0.25, 0.3) is 0 Å². The molecule has 9 N–H and O–H groups in total. The van der Waals surface area contributed by atoms with Crippen LogP contribution in [0, 0.1) is 0 Å². The highest BCUT2D eigenvalue weighted by molar-refractivity contribution is 5.95. The average Bonchev–Trinajstić information content (AvgIpc) is 3.44. The molecule has 34 heavy (non-hydrogen) atoms. The summed E-state index contributed by atoms with van der Waals surface area (Å²) in [5.74, 6) is -4.23. The first-order valence-corrected chi connectivity index (χ1v) is 11.2. The first-order chi connectivity index (χ1) is 16.0. The van der Waals surface area contributed by atoms with E-state index in [0.717, 1.165) is 0 Å². The van der Waals surface area contributed by atoms with Crippen molar-refractivity contribution < 1.29 is 34.2 Å². The largest absolute Gasteiger partial charge is 0.481 e. The lowest BCUT2D eigenvalue weighted by Gasteiger charge is -2.32. The average molecular weight is 484 g/mol. The van der Waals surface area contributed by atoms with Gasteiger partial charge in [-0.05, 0) is 38.5 Å². The standard InChI is InChI=1S/C20H33N7O7/c21-11(10-15(28)29)16(30)25-12(4-1-7-24-20(22)23)17(31)26-8-2-5-13(26)18(32)27-9-3-6-14(27)19(33)34/h11-14H,1-10,21H2,(H,25,30)(H,28,29)(H,33,34)(H4,22,23,24). The van der Waals surface area contributed by atoms with Gasteiger partial charge in [-0.25, -0.2) is 4.79 Å². The Balaban J connectivity index is 2.15. The zero-order valence-corrected chi connectivity index (χ0v) is 18.9. The summed E-state index contributed by atoms with van der Waals surface area (Å²) in [5, 5.41) is 20.8. The van der Waals surface area contributed by atoms with Crippen LogP contribution < -0.4 is 22.5 Å². The topological polar surface area (TPSA) is 235 Å². The fourth-order valence-electron chi connectivity index (χ4n) is 4.29. The molecule has 0 spiro atoms. The van der Waals surface area contributed by atoms with Gasteiger partial charge in [0.2, 0.25) is 17.7 Å². The van der Waals surface area contributed by atoms with Crippen molar-refractivity contribution >= 4 is 35.6 Å². The second-order valence-electron chi connectivity index (χ2n) is 8.43. The Bertz CT molecular complexity index is 830. The first-order valence-electron chi connectivity index (χ1n) is 11.2. The summed E-state index contributed by atoms with van der Waals surface area (Å²) in [7, 11) is 0. The Morgan fingerprint density at radius 1 is 1.00 bits per heavy atom. The predicted octanol–water partition coefficient (Wildman–Crippen LogP) is -2.61. The Hall–Kier alpha value is -3.42. The molecular formula is C20H33N7O7. The molecule has 3 amide bonds. The predicted molar refractivity (Wildman–Crippen MR) is 119 cm³/mol. The minimum absolute atomic E-state index is 0.125. The highest BCUT2D eigenvalue weighted by atomic mass is 16.4. The lowest BCUT2D eigenvalue weighted by Crippen LogP contribution is -2.57. The highest BCUT2D eigenvalue weighted by Gasteiger charge is 2.43. The minimum atomic E-state index is -1.36. The molecule has 2 saturated heterocycles. The molecule has 14 nitrogen and oxygen atoms in total. The summed E-state index contributed by atoms with van der Waals surface area (Å²) in [5.41, 5.74) is 16.2. The van der Waals surface area contributed by atoms with Crippen LogP contribution in [0.15, 0.2) is 4.99 Å². The Morgan fingerprint density at radius 3 is 2.21 bits per heavy atom. The number of carbonyl (C=O) groups excluding carboxylic acids is 3. The summed E-state index contributed by atoms with van der Waals surface area (Å²) in [6.45, 7) is 0.763. The van der Waals surface area contributed by atoms with Crippen LogP contribution in [0.3, 0.4) is 0 Å². The van der Waals surface area contributed by atoms with Crippen LogP contribution in [0.2, 0.25) is 0 Å². The molecule has 4 atom stereocenters. The quantitative estimate of drug-likeness (QED) is 0.102. The van der Waals surface area contributed by atoms with Crippen molar-refractivity contribution in [2.75, 3.05) is 19.6 Å². The maximum Gasteiger partial charge on any atom is 0.326 e. The van der Waals surface area contributed by atoms with E-state index in [1.165, 1.54) is 9.80 Å². The van der Waals surface area contributed by atoms with E-state index in [1.54, 1.807) is 0 Å². The monoisotopic (exact) mass is 483 g/mol. The summed E-state index contributed by atoms with van der Waals surface area (Å²) in [4.78, 5) is 67.8. The van der Waals surface area contributed by atoms with Gasteiger partial charge in [-0.1, -0.05) is 0 Å². The van der Waals surface area contributed by atoms with E-state index >= 15 is 0 Å². The van der Waals surface area contributed by atoms with Crippen LogP contribution >= 0.6 is 0 Å². The van der Waals surface area contributed by atoms with E-state index in [2.05, 4.69) is 10.3 Å². The van der Waals surface area contributed by atoms with Crippen LogP contribution in [0.5, 0.6) is 0 Å². The second kappa shape index (κ2) is 12.2. The van der Waals surface area contributed by atoms with Gasteiger partial charge in [0.15, 0.2) is 5.96 Å². The molecule has 2 aliphatic rings. The van der Waals surface area contributed by atoms with Gasteiger partial charge in [-0.15, -0.1) is 0 Å². The Kier molecular flexibility index (Phi) is 9.59. The molecule has 190 valence electrons. The summed E-state index contributed by atoms with van der Waals surface area (Å²) in [6.07, 6.45) is 1.67. The van der Waals surface area contributed by atoms with Crippen molar-refractivity contribution in [3.05, 3.63) is 0 Å². The van der Waals surface area contributed by atoms with Gasteiger partial charge in [-0.2, -0.15) is 0 Å². The third kappa shape index (κ3) is 7.04. The molecule has 0 aromatic rings. The SMILES string of the molecule is NC(N)=NCCCC(NC(=O)C(N)CC(=O)O)C(=O)N1CCCC1C(=O)N1CCCC1C(=O)O. The fourth-order valence-corrected chi connectivity index (χ4v) is 4.29. The van der Waals surface area contributed by atoms with Gasteiger partial charge in [-0.3, -0.25) is 24.2 Å². The van der Waals surface area contributed by atoms with Crippen LogP contribution in [0.4, 0.5) is 0 Å². The zero-order valence-electron chi connectivity index (χ0n) is 18.9. The molecule has 2 aliphatic heterocycles. The molecule has 2 heterocycles. The van der Waals surface area contributed by atoms with Crippen LogP contribution in [-0.4, -0.2) is 99.4 Å². The number of amides is 3. The molecular weight excluding hydrogens is 450 g/mol. The first kappa shape index (κ1) is 26.8. The van der Waals surface area contributed by atoms with E-state index in [0.29, 0.717) is 38.6 Å². The number of rotatable bonds is 11. The maximum absolute atomic E-state index is 13.4. The number of aliphatic imine (C=N–C) groups is 1. The number of nitrogens with two attached hydrogens (primary N) is 3. The van der Waals surface area contributed by atoms with Crippen LogP contribution in [0.1, 0.15) is 44.9 Å². The number of aliphatic carboxylic acids is 2. The summed E-state index contributed by atoms with van der Waals surface area (Å²) < 4.78 is 0. The molecule has 2 fully saturated rings. The van der Waals surface area contributed by atoms with E-state index < -0.39 is 60.2 Å². The number of carbonyl (C=O) groups is 5. The molecule has 0 aromatic carbocycles. The number of carboxylic acid groups (broad SMARTS) is 2. The van der Waals surface area contributed by atoms with Crippen molar-refractivity contribution in [1.29, 1.82) is 0 Å². The second-order valence-corrected chi connectivity index (χ2v) is 8.43. The van der Waals surface area contributed by atoms with E-state index in [9.17, 15) is 29.1 Å². The van der Waals surface area contributed by atoms with E-state index in [1.807, 2.05) is 0 Å². The lowest BCUT2D eigenvalue weighted by molar-refractivity contribution is -0.152. The smallest absolute Gasteiger partial charge is 0.326 e. The lowest BCUT2D eigenvalue weighted by atomic mass is 10.1. The third-order valence-electron chi connectivity index (χ3n) is 5.93. The molecule has 0 bridgehead atoms. The number of carboxylic acids is 2. The molecule has 14 heteroatoms. The van der Waals surface area contributed by atoms with Gasteiger partial charge >= 0.3 is 11.9 Å². The van der Waals surface area contributed by atoms with Gasteiger partial charge in [0.05, 0.1) is 12.5 Å². The minimum Gasteiger partial charge on any atom is -0.481 e. The molecule has 0 aliphatic carbocycles. The number of nitrogens with zero attached hydrogens (tertiary/aromatic N) is 3. The number of guanidine groups is 1. The van der Waals surface area contributed by atoms with Crippen molar-refractivity contribution in [1.82, 2.24) is 15.1 Å². The summed E-state index contributed by atoms with van der Waals surface area (Å²) in [6, 6.07) is -4.20. The van der Waals surface area contributed by atoms with Gasteiger partial charge < -0.3 is 42.5 Å². The third-order valence-corrected chi connectivity index (χ3v) is 5.93. The van der Waals surface area contributed by atoms with Crippen LogP contribution in [0.25, 0.3) is 0 Å². The highest BCUT2D eigenvalue weighted by Crippen LogP contribution is 2.26. The number of hydrogen-bond donors (Lipinski definition) is 6. The van der Waals surface area contributed by atoms with E-state index in [4.69, 9.17) is 22.3 Å². The number of hydrogen-bond acceptors (Lipinski definition) is 7. The van der Waals surface area contributed by atoms with Crippen molar-refractivity contribution in [3.63, 3.8) is 0 Å². The Morgan fingerprint density at radius 2 is 1.62 bits per heavy atom. The van der Waals surface area contributed by atoms with Crippen molar-refractivity contribution in [2.45, 2.75) is 69.1 Å². The maximum atomic E-state index is 13.4. The number of nitrogens with one attached hydrogen (secondary N) is 1. The van der Waals surface area contributed by atoms with Crippen LogP contribution in [-0.2, 0) is 24.0 Å². The molecule has 0 radical (unpaired) electrons. The zero-order chi connectivity index (χ0) is 25.4. The Labute approximate surface area is 196 Å². The molecule has 0 saturated carbocycles. The number of likely N-dealkylation sites (tertiary alicyclic amines) is 2. The van der Waals surface area contributed by atoms with Crippen molar-refractivity contribution in [2.24, 2.45) is 22.2 Å². The van der Waals surface area contributed by atoms with Crippen molar-refractivity contribution in [3.8, 4) is 0 Å². The molecule has 4 unspecified atom stereocenters. The summed E-state index contributed by atoms with van der Waals surface area (Å²) >= 11 is 0. The molecule has 2 rings (SSSR count). The van der Waals surface area contributed by atoms with Gasteiger partial charge in [0.1, 0.15) is 18.1 Å². The van der Waals surface area contributed by atoms with E-state index in [-0.39, 0.29) is 25.5 Å².